The number of aromatic nitrogens is 1. The van der Waals surface area contributed by atoms with Crippen molar-refractivity contribution in [2.24, 2.45) is 0 Å². The number of pyridine rings is 1. The first-order chi connectivity index (χ1) is 9.22. The summed E-state index contributed by atoms with van der Waals surface area (Å²) in [7, 11) is -1.22. The molecule has 0 aliphatic carbocycles. The van der Waals surface area contributed by atoms with Crippen LogP contribution in [0.2, 0.25) is 5.82 Å². The lowest BCUT2D eigenvalue weighted by Gasteiger charge is -2.20. The Balaban J connectivity index is 1.64. The highest BCUT2D eigenvalue weighted by Crippen LogP contribution is 2.30. The normalized spacial score (nSPS) is 22.5. The lowest BCUT2D eigenvalue weighted by atomic mass is 9.72. The minimum absolute atomic E-state index is 0.0581. The minimum Gasteiger partial charge on any atom is -0.486 e. The molecule has 3 heterocycles. The van der Waals surface area contributed by atoms with Crippen LogP contribution in [0.1, 0.15) is 12.1 Å². The van der Waals surface area contributed by atoms with Crippen LogP contribution in [0.25, 0.3) is 0 Å². The van der Waals surface area contributed by atoms with Crippen LogP contribution in [0, 0.1) is 0 Å². The van der Waals surface area contributed by atoms with E-state index in [0.717, 1.165) is 24.4 Å². The molecule has 0 aromatic carbocycles. The van der Waals surface area contributed by atoms with E-state index in [1.54, 1.807) is 6.20 Å². The molecule has 1 aromatic rings. The van der Waals surface area contributed by atoms with E-state index >= 15 is 0 Å². The Morgan fingerprint density at radius 2 is 2.11 bits per heavy atom. The van der Waals surface area contributed by atoms with Crippen LogP contribution in [-0.2, 0) is 6.54 Å². The van der Waals surface area contributed by atoms with E-state index in [4.69, 9.17) is 9.47 Å². The molecule has 2 N–H and O–H groups in total. The monoisotopic (exact) mass is 264 g/mol. The quantitative estimate of drug-likeness (QED) is 0.743. The Labute approximate surface area is 112 Å². The van der Waals surface area contributed by atoms with Gasteiger partial charge in [-0.15, -0.1) is 0 Å². The molecule has 0 saturated carbocycles. The highest BCUT2D eigenvalue weighted by Gasteiger charge is 2.31. The Morgan fingerprint density at radius 1 is 1.32 bits per heavy atom. The molecular weight excluding hydrogens is 247 g/mol. The summed E-state index contributed by atoms with van der Waals surface area (Å²) in [5.74, 6) is 1.38. The first kappa shape index (κ1) is 12.7. The smallest absolute Gasteiger partial charge is 0.456 e. The maximum Gasteiger partial charge on any atom is 0.456 e. The fourth-order valence-electron chi connectivity index (χ4n) is 2.55. The van der Waals surface area contributed by atoms with E-state index in [-0.39, 0.29) is 5.82 Å². The summed E-state index contributed by atoms with van der Waals surface area (Å²) in [6.45, 7) is 3.38. The second-order valence-electron chi connectivity index (χ2n) is 5.02. The number of nitrogens with zero attached hydrogens (tertiary/aromatic N) is 2. The molecule has 1 fully saturated rings. The molecule has 1 atom stereocenters. The molecule has 1 aromatic heterocycles. The van der Waals surface area contributed by atoms with Crippen LogP contribution < -0.4 is 9.47 Å². The third kappa shape index (κ3) is 2.83. The number of ether oxygens (including phenoxy) is 2. The van der Waals surface area contributed by atoms with Gasteiger partial charge >= 0.3 is 7.12 Å². The average Bonchev–Trinajstić information content (AvgIpc) is 2.87. The van der Waals surface area contributed by atoms with Gasteiger partial charge in [0.25, 0.3) is 0 Å². The van der Waals surface area contributed by atoms with Crippen LogP contribution in [0.5, 0.6) is 11.5 Å². The fourth-order valence-corrected chi connectivity index (χ4v) is 2.55. The van der Waals surface area contributed by atoms with Crippen molar-refractivity contribution in [3.63, 3.8) is 0 Å². The Bertz CT molecular complexity index is 457. The van der Waals surface area contributed by atoms with Gasteiger partial charge in [-0.1, -0.05) is 0 Å². The van der Waals surface area contributed by atoms with Crippen LogP contribution in [0.4, 0.5) is 0 Å². The minimum atomic E-state index is -1.22. The summed E-state index contributed by atoms with van der Waals surface area (Å²) in [6, 6.07) is 1.90. The molecule has 0 bridgehead atoms. The molecule has 2 aliphatic rings. The molecule has 7 heteroatoms. The van der Waals surface area contributed by atoms with Crippen molar-refractivity contribution in [2.75, 3.05) is 26.3 Å². The molecule has 1 unspecified atom stereocenters. The number of hydrogen-bond donors (Lipinski definition) is 2. The summed E-state index contributed by atoms with van der Waals surface area (Å²) in [5.41, 5.74) is 0.914. The molecule has 19 heavy (non-hydrogen) atoms. The lowest BCUT2D eigenvalue weighted by Crippen LogP contribution is -2.25. The fraction of sp³-hybridized carbons (Fsp3) is 0.583. The van der Waals surface area contributed by atoms with Gasteiger partial charge in [0.15, 0.2) is 11.5 Å². The molecule has 6 nitrogen and oxygen atoms in total. The first-order valence-electron chi connectivity index (χ1n) is 6.55. The van der Waals surface area contributed by atoms with E-state index in [1.807, 2.05) is 6.07 Å². The van der Waals surface area contributed by atoms with Crippen molar-refractivity contribution in [1.29, 1.82) is 0 Å². The van der Waals surface area contributed by atoms with Crippen molar-refractivity contribution in [3.8, 4) is 11.5 Å². The molecule has 0 amide bonds. The van der Waals surface area contributed by atoms with Crippen molar-refractivity contribution < 1.29 is 19.5 Å². The van der Waals surface area contributed by atoms with Crippen LogP contribution >= 0.6 is 0 Å². The highest BCUT2D eigenvalue weighted by molar-refractivity contribution is 6.43. The molecule has 2 aliphatic heterocycles. The number of likely N-dealkylation sites (tertiary alicyclic amines) is 1. The number of rotatable bonds is 3. The van der Waals surface area contributed by atoms with E-state index in [9.17, 15) is 10.0 Å². The molecule has 3 rings (SSSR count). The summed E-state index contributed by atoms with van der Waals surface area (Å²) in [4.78, 5) is 6.52. The highest BCUT2D eigenvalue weighted by atomic mass is 16.6. The number of hydrogen-bond acceptors (Lipinski definition) is 6. The second-order valence-corrected chi connectivity index (χ2v) is 5.02. The zero-order chi connectivity index (χ0) is 13.2. The second kappa shape index (κ2) is 5.36. The van der Waals surface area contributed by atoms with Crippen molar-refractivity contribution in [2.45, 2.75) is 18.8 Å². The standard InChI is InChI=1S/C12H17BN2O4/c16-13(17)9-1-2-15(7-9)8-10-5-11-12(6-14-10)19-4-3-18-11/h5-6,9,16-17H,1-4,7-8H2. The van der Waals surface area contributed by atoms with Crippen molar-refractivity contribution >= 4 is 7.12 Å². The summed E-state index contributed by atoms with van der Waals surface area (Å²) in [6.07, 6.45) is 2.50. The first-order valence-corrected chi connectivity index (χ1v) is 6.55. The van der Waals surface area contributed by atoms with E-state index < -0.39 is 7.12 Å². The van der Waals surface area contributed by atoms with Gasteiger partial charge < -0.3 is 19.5 Å². The molecule has 102 valence electrons. The topological polar surface area (TPSA) is 75.1 Å². The largest absolute Gasteiger partial charge is 0.486 e. The van der Waals surface area contributed by atoms with E-state index in [1.165, 1.54) is 0 Å². The van der Waals surface area contributed by atoms with Crippen LogP contribution in [0.15, 0.2) is 12.3 Å². The maximum absolute atomic E-state index is 9.17. The van der Waals surface area contributed by atoms with Crippen molar-refractivity contribution in [1.82, 2.24) is 9.88 Å². The van der Waals surface area contributed by atoms with Crippen LogP contribution in [0.3, 0.4) is 0 Å². The van der Waals surface area contributed by atoms with Crippen LogP contribution in [-0.4, -0.2) is 53.4 Å². The van der Waals surface area contributed by atoms with E-state index in [2.05, 4.69) is 9.88 Å². The summed E-state index contributed by atoms with van der Waals surface area (Å²) < 4.78 is 11.0. The molecule has 1 saturated heterocycles. The molecule has 0 radical (unpaired) electrons. The lowest BCUT2D eigenvalue weighted by molar-refractivity contribution is 0.170. The average molecular weight is 264 g/mol. The Morgan fingerprint density at radius 3 is 2.84 bits per heavy atom. The Kier molecular flexibility index (Phi) is 3.59. The molecular formula is C12H17BN2O4. The van der Waals surface area contributed by atoms with Gasteiger partial charge in [-0.2, -0.15) is 0 Å². The van der Waals surface area contributed by atoms with Crippen molar-refractivity contribution in [3.05, 3.63) is 18.0 Å². The van der Waals surface area contributed by atoms with Gasteiger partial charge in [-0.05, 0) is 19.5 Å². The van der Waals surface area contributed by atoms with Gasteiger partial charge in [0.2, 0.25) is 0 Å². The zero-order valence-corrected chi connectivity index (χ0v) is 10.7. The third-order valence-electron chi connectivity index (χ3n) is 3.60. The Hall–Kier alpha value is -1.31. The molecule has 0 spiro atoms. The zero-order valence-electron chi connectivity index (χ0n) is 10.7. The number of fused-ring (bicyclic) bond motifs is 1. The predicted octanol–water partition coefficient (Wildman–Crippen LogP) is -0.0985. The van der Waals surface area contributed by atoms with E-state index in [0.29, 0.717) is 32.1 Å². The maximum atomic E-state index is 9.17. The van der Waals surface area contributed by atoms with Gasteiger partial charge in [-0.3, -0.25) is 9.88 Å². The SMILES string of the molecule is OB(O)C1CCN(Cc2cc3c(cn2)OCCO3)C1. The van der Waals surface area contributed by atoms with Gasteiger partial charge in [-0.25, -0.2) is 0 Å². The summed E-state index contributed by atoms with van der Waals surface area (Å²) in [5, 5.41) is 18.3. The van der Waals surface area contributed by atoms with Gasteiger partial charge in [0.1, 0.15) is 13.2 Å². The summed E-state index contributed by atoms with van der Waals surface area (Å²) >= 11 is 0. The predicted molar refractivity (Wildman–Crippen MR) is 69.1 cm³/mol. The van der Waals surface area contributed by atoms with Gasteiger partial charge in [0.05, 0.1) is 11.9 Å². The van der Waals surface area contributed by atoms with Gasteiger partial charge in [0, 0.05) is 18.4 Å². The third-order valence-corrected chi connectivity index (χ3v) is 3.60.